The zero-order valence-electron chi connectivity index (χ0n) is 15.7. The summed E-state index contributed by atoms with van der Waals surface area (Å²) in [5.74, 6) is 0.485. The number of ether oxygens (including phenoxy) is 1. The quantitative estimate of drug-likeness (QED) is 0.463. The van der Waals surface area contributed by atoms with Crippen LogP contribution in [0.5, 0.6) is 0 Å². The van der Waals surface area contributed by atoms with Gasteiger partial charge in [-0.25, -0.2) is 9.97 Å². The van der Waals surface area contributed by atoms with Gasteiger partial charge in [-0.05, 0) is 30.9 Å². The van der Waals surface area contributed by atoms with Gasteiger partial charge in [0.25, 0.3) is 5.91 Å². The first kappa shape index (κ1) is 19.5. The third-order valence-corrected chi connectivity index (χ3v) is 4.94. The van der Waals surface area contributed by atoms with Crippen LogP contribution in [0.4, 0.5) is 0 Å². The molecule has 3 N–H and O–H groups in total. The Hall–Kier alpha value is -3.29. The third kappa shape index (κ3) is 4.51. The highest BCUT2D eigenvalue weighted by molar-refractivity contribution is 5.95. The van der Waals surface area contributed by atoms with Crippen molar-refractivity contribution in [2.45, 2.75) is 19.3 Å². The van der Waals surface area contributed by atoms with Crippen molar-refractivity contribution in [1.82, 2.24) is 14.9 Å². The van der Waals surface area contributed by atoms with Crippen LogP contribution in [-0.4, -0.2) is 52.8 Å². The molecule has 1 aliphatic rings. The third-order valence-electron chi connectivity index (χ3n) is 4.94. The molecule has 0 atom stereocenters. The zero-order chi connectivity index (χ0) is 20.1. The van der Waals surface area contributed by atoms with E-state index in [1.54, 1.807) is 24.3 Å². The highest BCUT2D eigenvalue weighted by Crippen LogP contribution is 2.23. The molecular formula is C20H23N5O3. The second kappa shape index (κ2) is 8.60. The molecule has 1 saturated heterocycles. The van der Waals surface area contributed by atoms with Gasteiger partial charge >= 0.3 is 5.97 Å². The van der Waals surface area contributed by atoms with Gasteiger partial charge in [0.15, 0.2) is 5.82 Å². The van der Waals surface area contributed by atoms with Crippen molar-refractivity contribution >= 4 is 17.7 Å². The summed E-state index contributed by atoms with van der Waals surface area (Å²) in [5.41, 5.74) is 7.26. The molecule has 0 bridgehead atoms. The number of likely N-dealkylation sites (tertiary alicyclic amines) is 1. The highest BCUT2D eigenvalue weighted by atomic mass is 16.5. The maximum absolute atomic E-state index is 12.7. The lowest BCUT2D eigenvalue weighted by molar-refractivity contribution is -0.142. The average Bonchev–Trinajstić information content (AvgIpc) is 2.74. The van der Waals surface area contributed by atoms with Gasteiger partial charge in [0.2, 0.25) is 0 Å². The van der Waals surface area contributed by atoms with Crippen molar-refractivity contribution < 1.29 is 14.3 Å². The fourth-order valence-corrected chi connectivity index (χ4v) is 3.22. The van der Waals surface area contributed by atoms with Crippen LogP contribution in [-0.2, 0) is 9.53 Å². The molecule has 0 unspecified atom stereocenters. The molecule has 0 spiro atoms. The Morgan fingerprint density at radius 3 is 2.29 bits per heavy atom. The van der Waals surface area contributed by atoms with Crippen molar-refractivity contribution in [2.75, 3.05) is 20.2 Å². The van der Waals surface area contributed by atoms with Gasteiger partial charge in [0.05, 0.1) is 12.7 Å². The van der Waals surface area contributed by atoms with Gasteiger partial charge < -0.3 is 15.4 Å². The van der Waals surface area contributed by atoms with Crippen LogP contribution < -0.4 is 5.73 Å². The molecule has 0 saturated carbocycles. The van der Waals surface area contributed by atoms with E-state index in [0.29, 0.717) is 36.5 Å². The van der Waals surface area contributed by atoms with Crippen molar-refractivity contribution in [3.63, 3.8) is 0 Å². The molecule has 1 fully saturated rings. The number of amides is 1. The number of rotatable bonds is 5. The second-order valence-corrected chi connectivity index (χ2v) is 6.80. The van der Waals surface area contributed by atoms with E-state index in [-0.39, 0.29) is 23.6 Å². The smallest absolute Gasteiger partial charge is 0.305 e. The Labute approximate surface area is 163 Å². The fraction of sp³-hybridized carbons (Fsp3) is 0.350. The van der Waals surface area contributed by atoms with Crippen LogP contribution in [0.2, 0.25) is 0 Å². The standard InChI is InChI=1S/C20H23N5O3/c1-28-17(26)10-13-6-8-25(9-7-13)20(27)15-4-2-14(3-5-15)19-23-11-16(12-24-19)18(21)22/h2-5,11-13H,6-10H2,1H3,(H3,21,22). The van der Waals surface area contributed by atoms with Gasteiger partial charge in [-0.15, -0.1) is 0 Å². The first-order chi connectivity index (χ1) is 13.5. The van der Waals surface area contributed by atoms with E-state index in [9.17, 15) is 9.59 Å². The van der Waals surface area contributed by atoms with Crippen LogP contribution in [0.15, 0.2) is 36.7 Å². The minimum Gasteiger partial charge on any atom is -0.469 e. The summed E-state index contributed by atoms with van der Waals surface area (Å²) in [6, 6.07) is 7.14. The number of carbonyl (C=O) groups excluding carboxylic acids is 2. The fourth-order valence-electron chi connectivity index (χ4n) is 3.22. The van der Waals surface area contributed by atoms with E-state index < -0.39 is 0 Å². The lowest BCUT2D eigenvalue weighted by Crippen LogP contribution is -2.38. The molecule has 8 heteroatoms. The number of nitrogens with two attached hydrogens (primary N) is 1. The molecule has 0 radical (unpaired) electrons. The van der Waals surface area contributed by atoms with E-state index in [4.69, 9.17) is 15.9 Å². The molecule has 1 aliphatic heterocycles. The van der Waals surface area contributed by atoms with E-state index in [1.165, 1.54) is 19.5 Å². The number of hydrogen-bond donors (Lipinski definition) is 2. The number of carbonyl (C=O) groups is 2. The maximum Gasteiger partial charge on any atom is 0.305 e. The summed E-state index contributed by atoms with van der Waals surface area (Å²) in [7, 11) is 1.40. The first-order valence-electron chi connectivity index (χ1n) is 9.11. The summed E-state index contributed by atoms with van der Waals surface area (Å²) in [6.45, 7) is 1.27. The average molecular weight is 381 g/mol. The number of hydrogen-bond acceptors (Lipinski definition) is 6. The lowest BCUT2D eigenvalue weighted by Gasteiger charge is -2.31. The molecular weight excluding hydrogens is 358 g/mol. The number of piperidine rings is 1. The summed E-state index contributed by atoms with van der Waals surface area (Å²) in [4.78, 5) is 34.3. The van der Waals surface area contributed by atoms with Gasteiger partial charge in [-0.2, -0.15) is 0 Å². The molecule has 146 valence electrons. The Kier molecular flexibility index (Phi) is 5.98. The Bertz CT molecular complexity index is 856. The number of nitrogens with one attached hydrogen (secondary N) is 1. The Balaban J connectivity index is 1.61. The first-order valence-corrected chi connectivity index (χ1v) is 9.11. The SMILES string of the molecule is COC(=O)CC1CCN(C(=O)c2ccc(-c3ncc(C(=N)N)cn3)cc2)CC1. The van der Waals surface area contributed by atoms with Crippen LogP contribution >= 0.6 is 0 Å². The predicted octanol–water partition coefficient (Wildman–Crippen LogP) is 1.84. The van der Waals surface area contributed by atoms with Crippen LogP contribution in [0.25, 0.3) is 11.4 Å². The summed E-state index contributed by atoms with van der Waals surface area (Å²) < 4.78 is 4.72. The number of methoxy groups -OCH3 is 1. The number of amidine groups is 1. The normalized spacial score (nSPS) is 14.5. The van der Waals surface area contributed by atoms with Crippen LogP contribution in [0, 0.1) is 11.3 Å². The Morgan fingerprint density at radius 1 is 1.14 bits per heavy atom. The topological polar surface area (TPSA) is 122 Å². The van der Waals surface area contributed by atoms with Crippen LogP contribution in [0.1, 0.15) is 35.2 Å². The minimum absolute atomic E-state index is 0.0177. The largest absolute Gasteiger partial charge is 0.469 e. The van der Waals surface area contributed by atoms with E-state index in [2.05, 4.69) is 9.97 Å². The van der Waals surface area contributed by atoms with E-state index >= 15 is 0 Å². The van der Waals surface area contributed by atoms with Crippen LogP contribution in [0.3, 0.4) is 0 Å². The zero-order valence-corrected chi connectivity index (χ0v) is 15.7. The van der Waals surface area contributed by atoms with Crippen molar-refractivity contribution in [2.24, 2.45) is 11.7 Å². The lowest BCUT2D eigenvalue weighted by atomic mass is 9.93. The van der Waals surface area contributed by atoms with Gasteiger partial charge in [0, 0.05) is 43.0 Å². The number of aromatic nitrogens is 2. The predicted molar refractivity (Wildman–Crippen MR) is 104 cm³/mol. The van der Waals surface area contributed by atoms with Gasteiger partial charge in [0.1, 0.15) is 5.84 Å². The maximum atomic E-state index is 12.7. The molecule has 1 aromatic heterocycles. The molecule has 0 aliphatic carbocycles. The van der Waals surface area contributed by atoms with E-state index in [1.807, 2.05) is 4.90 Å². The number of esters is 1. The van der Waals surface area contributed by atoms with Gasteiger partial charge in [-0.1, -0.05) is 12.1 Å². The second-order valence-electron chi connectivity index (χ2n) is 6.80. The summed E-state index contributed by atoms with van der Waals surface area (Å²) >= 11 is 0. The molecule has 1 amide bonds. The van der Waals surface area contributed by atoms with E-state index in [0.717, 1.165) is 18.4 Å². The number of benzene rings is 1. The molecule has 2 aromatic rings. The molecule has 8 nitrogen and oxygen atoms in total. The van der Waals surface area contributed by atoms with Crippen molar-refractivity contribution in [3.05, 3.63) is 47.8 Å². The van der Waals surface area contributed by atoms with Crippen molar-refractivity contribution in [3.8, 4) is 11.4 Å². The summed E-state index contributed by atoms with van der Waals surface area (Å²) in [5, 5.41) is 7.37. The molecule has 2 heterocycles. The Morgan fingerprint density at radius 2 is 1.75 bits per heavy atom. The molecule has 1 aromatic carbocycles. The minimum atomic E-state index is -0.195. The molecule has 3 rings (SSSR count). The van der Waals surface area contributed by atoms with Crippen molar-refractivity contribution in [1.29, 1.82) is 5.41 Å². The monoisotopic (exact) mass is 381 g/mol. The molecule has 28 heavy (non-hydrogen) atoms. The highest BCUT2D eigenvalue weighted by Gasteiger charge is 2.25. The number of nitrogen functional groups attached to an aromatic ring is 1. The summed E-state index contributed by atoms with van der Waals surface area (Å²) in [6.07, 6.45) is 5.02. The van der Waals surface area contributed by atoms with Gasteiger partial charge in [-0.3, -0.25) is 15.0 Å². The number of nitrogens with zero attached hydrogens (tertiary/aromatic N) is 3.